The Morgan fingerprint density at radius 3 is 2.67 bits per heavy atom. The SMILES string of the molecule is O=S(=O)(C=Cc1ccccc1)NCC(c1ccco1)n1cccn1. The Bertz CT molecular complexity index is 836. The highest BCUT2D eigenvalue weighted by Gasteiger charge is 2.19. The van der Waals surface area contributed by atoms with E-state index in [0.717, 1.165) is 11.0 Å². The van der Waals surface area contributed by atoms with E-state index in [9.17, 15) is 8.42 Å². The second-order valence-corrected chi connectivity index (χ2v) is 6.78. The quantitative estimate of drug-likeness (QED) is 0.715. The average Bonchev–Trinajstić information content (AvgIpc) is 3.28. The van der Waals surface area contributed by atoms with Crippen molar-refractivity contribution in [2.75, 3.05) is 6.54 Å². The molecule has 0 saturated heterocycles. The molecule has 6 nitrogen and oxygen atoms in total. The van der Waals surface area contributed by atoms with E-state index in [1.54, 1.807) is 47.6 Å². The maximum atomic E-state index is 12.2. The number of aromatic nitrogens is 2. The lowest BCUT2D eigenvalue weighted by atomic mass is 10.2. The summed E-state index contributed by atoms with van der Waals surface area (Å²) in [7, 11) is -3.57. The summed E-state index contributed by atoms with van der Waals surface area (Å²) in [5.41, 5.74) is 0.817. The van der Waals surface area contributed by atoms with E-state index in [1.807, 2.05) is 30.3 Å². The Hall–Kier alpha value is -2.64. The lowest BCUT2D eigenvalue weighted by Crippen LogP contribution is -2.30. The van der Waals surface area contributed by atoms with Gasteiger partial charge in [0.25, 0.3) is 0 Å². The third-order valence-corrected chi connectivity index (χ3v) is 4.50. The zero-order valence-electron chi connectivity index (χ0n) is 12.8. The summed E-state index contributed by atoms with van der Waals surface area (Å²) in [6, 6.07) is 14.2. The predicted molar refractivity (Wildman–Crippen MR) is 91.5 cm³/mol. The van der Waals surface area contributed by atoms with Gasteiger partial charge in [-0.15, -0.1) is 0 Å². The van der Waals surface area contributed by atoms with Crippen molar-refractivity contribution in [3.8, 4) is 0 Å². The molecule has 1 atom stereocenters. The predicted octanol–water partition coefficient (Wildman–Crippen LogP) is 2.66. The topological polar surface area (TPSA) is 77.1 Å². The van der Waals surface area contributed by atoms with E-state index >= 15 is 0 Å². The number of hydrogen-bond donors (Lipinski definition) is 1. The summed E-state index contributed by atoms with van der Waals surface area (Å²) in [6.45, 7) is 0.136. The molecule has 124 valence electrons. The van der Waals surface area contributed by atoms with Gasteiger partial charge in [0.05, 0.1) is 6.26 Å². The van der Waals surface area contributed by atoms with Crippen molar-refractivity contribution in [3.05, 3.63) is 83.9 Å². The molecule has 2 heterocycles. The first-order valence-corrected chi connectivity index (χ1v) is 8.94. The minimum Gasteiger partial charge on any atom is -0.467 e. The van der Waals surface area contributed by atoms with Crippen LogP contribution < -0.4 is 4.72 Å². The van der Waals surface area contributed by atoms with Crippen LogP contribution in [0.1, 0.15) is 17.4 Å². The van der Waals surface area contributed by atoms with E-state index in [-0.39, 0.29) is 12.6 Å². The molecule has 24 heavy (non-hydrogen) atoms. The van der Waals surface area contributed by atoms with Gasteiger partial charge in [-0.2, -0.15) is 5.10 Å². The third-order valence-electron chi connectivity index (χ3n) is 3.43. The van der Waals surface area contributed by atoms with E-state index in [0.29, 0.717) is 5.76 Å². The molecule has 2 aromatic heterocycles. The van der Waals surface area contributed by atoms with Gasteiger partial charge in [-0.25, -0.2) is 13.1 Å². The molecule has 1 aromatic carbocycles. The van der Waals surface area contributed by atoms with Crippen LogP contribution in [0.2, 0.25) is 0 Å². The first-order chi connectivity index (χ1) is 11.6. The molecule has 0 aliphatic carbocycles. The molecule has 0 bridgehead atoms. The van der Waals surface area contributed by atoms with Crippen LogP contribution in [0.25, 0.3) is 6.08 Å². The van der Waals surface area contributed by atoms with Gasteiger partial charge in [-0.1, -0.05) is 30.3 Å². The number of sulfonamides is 1. The second kappa shape index (κ2) is 7.29. The molecule has 0 saturated carbocycles. The summed E-state index contributed by atoms with van der Waals surface area (Å²) in [6.07, 6.45) is 6.51. The molecular formula is C17H17N3O3S. The summed E-state index contributed by atoms with van der Waals surface area (Å²) in [4.78, 5) is 0. The minimum absolute atomic E-state index is 0.136. The van der Waals surface area contributed by atoms with Gasteiger partial charge in [-0.05, 0) is 29.8 Å². The summed E-state index contributed by atoms with van der Waals surface area (Å²) in [5.74, 6) is 0.633. The Morgan fingerprint density at radius 1 is 1.17 bits per heavy atom. The Kier molecular flexibility index (Phi) is 4.93. The molecule has 1 N–H and O–H groups in total. The van der Waals surface area contributed by atoms with Crippen LogP contribution in [-0.2, 0) is 10.0 Å². The van der Waals surface area contributed by atoms with Crippen molar-refractivity contribution in [1.82, 2.24) is 14.5 Å². The van der Waals surface area contributed by atoms with Crippen LogP contribution in [0.5, 0.6) is 0 Å². The average molecular weight is 343 g/mol. The lowest BCUT2D eigenvalue weighted by molar-refractivity contribution is 0.403. The maximum absolute atomic E-state index is 12.2. The third kappa shape index (κ3) is 4.21. The van der Waals surface area contributed by atoms with Crippen molar-refractivity contribution >= 4 is 16.1 Å². The molecule has 0 amide bonds. The largest absolute Gasteiger partial charge is 0.467 e. The van der Waals surface area contributed by atoms with Gasteiger partial charge >= 0.3 is 0 Å². The van der Waals surface area contributed by atoms with Crippen molar-refractivity contribution in [1.29, 1.82) is 0 Å². The fourth-order valence-electron chi connectivity index (χ4n) is 2.25. The van der Waals surface area contributed by atoms with Gasteiger partial charge in [0.1, 0.15) is 11.8 Å². The Labute approximate surface area is 140 Å². The van der Waals surface area contributed by atoms with E-state index < -0.39 is 10.0 Å². The molecule has 3 rings (SSSR count). The van der Waals surface area contributed by atoms with E-state index in [4.69, 9.17) is 4.42 Å². The number of hydrogen-bond acceptors (Lipinski definition) is 4. The van der Waals surface area contributed by atoms with Crippen molar-refractivity contribution < 1.29 is 12.8 Å². The van der Waals surface area contributed by atoms with Crippen LogP contribution in [0.3, 0.4) is 0 Å². The standard InChI is InChI=1S/C17H17N3O3S/c21-24(22,13-9-15-6-2-1-3-7-15)19-14-16(17-8-4-12-23-17)20-11-5-10-18-20/h1-13,16,19H,14H2. The summed E-state index contributed by atoms with van der Waals surface area (Å²) >= 11 is 0. The summed E-state index contributed by atoms with van der Waals surface area (Å²) in [5, 5.41) is 5.33. The number of nitrogens with zero attached hydrogens (tertiary/aromatic N) is 2. The molecule has 0 spiro atoms. The number of rotatable bonds is 7. The molecule has 0 aliphatic heterocycles. The zero-order chi connectivity index (χ0) is 16.8. The van der Waals surface area contributed by atoms with Crippen LogP contribution in [0.4, 0.5) is 0 Å². The van der Waals surface area contributed by atoms with Gasteiger partial charge in [0.2, 0.25) is 10.0 Å². The first kappa shape index (κ1) is 16.2. The van der Waals surface area contributed by atoms with Gasteiger partial charge in [-0.3, -0.25) is 4.68 Å². The fraction of sp³-hybridized carbons (Fsp3) is 0.118. The first-order valence-electron chi connectivity index (χ1n) is 7.39. The zero-order valence-corrected chi connectivity index (χ0v) is 13.6. The van der Waals surface area contributed by atoms with Crippen molar-refractivity contribution in [2.24, 2.45) is 0 Å². The fourth-order valence-corrected chi connectivity index (χ4v) is 3.07. The lowest BCUT2D eigenvalue weighted by Gasteiger charge is -2.15. The van der Waals surface area contributed by atoms with Crippen LogP contribution >= 0.6 is 0 Å². The van der Waals surface area contributed by atoms with Gasteiger partial charge < -0.3 is 4.42 Å². The normalized spacial score (nSPS) is 13.3. The molecular weight excluding hydrogens is 326 g/mol. The number of furan rings is 1. The molecule has 0 radical (unpaired) electrons. The Morgan fingerprint density at radius 2 is 2.00 bits per heavy atom. The highest BCUT2D eigenvalue weighted by atomic mass is 32.2. The highest BCUT2D eigenvalue weighted by Crippen LogP contribution is 2.17. The second-order valence-electron chi connectivity index (χ2n) is 5.12. The van der Waals surface area contributed by atoms with Crippen LogP contribution in [0, 0.1) is 0 Å². The molecule has 0 fully saturated rings. The highest BCUT2D eigenvalue weighted by molar-refractivity contribution is 7.92. The molecule has 0 aliphatic rings. The van der Waals surface area contributed by atoms with Crippen molar-refractivity contribution in [2.45, 2.75) is 6.04 Å². The van der Waals surface area contributed by atoms with Crippen molar-refractivity contribution in [3.63, 3.8) is 0 Å². The Balaban J connectivity index is 1.71. The molecule has 1 unspecified atom stereocenters. The smallest absolute Gasteiger partial charge is 0.233 e. The number of benzene rings is 1. The molecule has 7 heteroatoms. The monoisotopic (exact) mass is 343 g/mol. The summed E-state index contributed by atoms with van der Waals surface area (Å²) < 4.78 is 34.0. The van der Waals surface area contributed by atoms with Crippen LogP contribution in [0.15, 0.2) is 77.0 Å². The maximum Gasteiger partial charge on any atom is 0.233 e. The van der Waals surface area contributed by atoms with Crippen LogP contribution in [-0.4, -0.2) is 24.7 Å². The van der Waals surface area contributed by atoms with E-state index in [2.05, 4.69) is 9.82 Å². The van der Waals surface area contributed by atoms with Gasteiger partial charge in [0, 0.05) is 24.3 Å². The minimum atomic E-state index is -3.57. The van der Waals surface area contributed by atoms with Gasteiger partial charge in [0.15, 0.2) is 0 Å². The van der Waals surface area contributed by atoms with E-state index in [1.165, 1.54) is 0 Å². The number of nitrogens with one attached hydrogen (secondary N) is 1. The molecule has 3 aromatic rings.